The summed E-state index contributed by atoms with van der Waals surface area (Å²) in [5, 5.41) is 0. The molecule has 3 nitrogen and oxygen atoms in total. The van der Waals surface area contributed by atoms with Crippen LogP contribution < -0.4 is 5.73 Å². The SMILES string of the molecule is CC(N)C(OC1CCCCC1C)c1ccncc1. The van der Waals surface area contributed by atoms with Crippen molar-refractivity contribution >= 4 is 0 Å². The summed E-state index contributed by atoms with van der Waals surface area (Å²) in [7, 11) is 0. The molecule has 2 rings (SSSR count). The van der Waals surface area contributed by atoms with E-state index >= 15 is 0 Å². The Kier molecular flexibility index (Phi) is 4.72. The maximum atomic E-state index is 6.30. The highest BCUT2D eigenvalue weighted by atomic mass is 16.5. The summed E-state index contributed by atoms with van der Waals surface area (Å²) in [6.07, 6.45) is 8.98. The van der Waals surface area contributed by atoms with Gasteiger partial charge in [-0.25, -0.2) is 0 Å². The van der Waals surface area contributed by atoms with Gasteiger partial charge in [0, 0.05) is 18.4 Å². The summed E-state index contributed by atoms with van der Waals surface area (Å²) in [6.45, 7) is 4.30. The highest BCUT2D eigenvalue weighted by Crippen LogP contribution is 2.31. The van der Waals surface area contributed by atoms with E-state index in [2.05, 4.69) is 11.9 Å². The first kappa shape index (κ1) is 13.5. The molecule has 0 saturated heterocycles. The molecule has 0 bridgehead atoms. The van der Waals surface area contributed by atoms with E-state index in [1.54, 1.807) is 12.4 Å². The number of hydrogen-bond donors (Lipinski definition) is 1. The quantitative estimate of drug-likeness (QED) is 0.890. The summed E-state index contributed by atoms with van der Waals surface area (Å²) in [6, 6.07) is 4.00. The third-order valence-electron chi connectivity index (χ3n) is 3.87. The minimum Gasteiger partial charge on any atom is -0.368 e. The zero-order chi connectivity index (χ0) is 13.0. The largest absolute Gasteiger partial charge is 0.368 e. The Balaban J connectivity index is 2.07. The topological polar surface area (TPSA) is 48.1 Å². The predicted molar refractivity (Wildman–Crippen MR) is 73.1 cm³/mol. The lowest BCUT2D eigenvalue weighted by Crippen LogP contribution is -2.34. The van der Waals surface area contributed by atoms with Gasteiger partial charge >= 0.3 is 0 Å². The lowest BCUT2D eigenvalue weighted by Gasteiger charge is -2.34. The zero-order valence-corrected chi connectivity index (χ0v) is 11.4. The van der Waals surface area contributed by atoms with Gasteiger partial charge in [0.1, 0.15) is 0 Å². The van der Waals surface area contributed by atoms with Crippen LogP contribution in [0.5, 0.6) is 0 Å². The van der Waals surface area contributed by atoms with Crippen molar-refractivity contribution in [3.05, 3.63) is 30.1 Å². The molecule has 0 amide bonds. The molecule has 1 aliphatic carbocycles. The maximum absolute atomic E-state index is 6.30. The second-order valence-corrected chi connectivity index (χ2v) is 5.50. The molecule has 2 N–H and O–H groups in total. The van der Waals surface area contributed by atoms with Gasteiger partial charge in [-0.1, -0.05) is 19.8 Å². The molecule has 100 valence electrons. The van der Waals surface area contributed by atoms with Crippen molar-refractivity contribution in [2.24, 2.45) is 11.7 Å². The molecule has 1 aliphatic rings. The van der Waals surface area contributed by atoms with Crippen LogP contribution in [0.3, 0.4) is 0 Å². The lowest BCUT2D eigenvalue weighted by atomic mass is 9.87. The number of nitrogens with two attached hydrogens (primary N) is 1. The molecule has 0 radical (unpaired) electrons. The van der Waals surface area contributed by atoms with E-state index in [4.69, 9.17) is 10.5 Å². The number of pyridine rings is 1. The smallest absolute Gasteiger partial charge is 0.0977 e. The summed E-state index contributed by atoms with van der Waals surface area (Å²) in [4.78, 5) is 4.05. The van der Waals surface area contributed by atoms with Crippen molar-refractivity contribution in [2.45, 2.75) is 57.8 Å². The molecule has 0 spiro atoms. The van der Waals surface area contributed by atoms with Crippen LogP contribution in [0.15, 0.2) is 24.5 Å². The van der Waals surface area contributed by atoms with Crippen molar-refractivity contribution in [1.82, 2.24) is 4.98 Å². The van der Waals surface area contributed by atoms with Gasteiger partial charge < -0.3 is 10.5 Å². The van der Waals surface area contributed by atoms with Crippen molar-refractivity contribution in [3.8, 4) is 0 Å². The van der Waals surface area contributed by atoms with Crippen LogP contribution in [-0.4, -0.2) is 17.1 Å². The molecule has 0 aliphatic heterocycles. The molecule has 4 unspecified atom stereocenters. The van der Waals surface area contributed by atoms with E-state index in [-0.39, 0.29) is 12.1 Å². The van der Waals surface area contributed by atoms with Gasteiger partial charge in [0.05, 0.1) is 12.2 Å². The van der Waals surface area contributed by atoms with Gasteiger partial charge in [-0.05, 0) is 43.4 Å². The van der Waals surface area contributed by atoms with Crippen molar-refractivity contribution in [2.75, 3.05) is 0 Å². The fraction of sp³-hybridized carbons (Fsp3) is 0.667. The molecule has 0 aromatic carbocycles. The number of aromatic nitrogens is 1. The summed E-state index contributed by atoms with van der Waals surface area (Å²) >= 11 is 0. The van der Waals surface area contributed by atoms with Crippen LogP contribution >= 0.6 is 0 Å². The van der Waals surface area contributed by atoms with Gasteiger partial charge in [-0.2, -0.15) is 0 Å². The fourth-order valence-corrected chi connectivity index (χ4v) is 2.73. The number of ether oxygens (including phenoxy) is 1. The monoisotopic (exact) mass is 248 g/mol. The van der Waals surface area contributed by atoms with Gasteiger partial charge in [0.15, 0.2) is 0 Å². The lowest BCUT2D eigenvalue weighted by molar-refractivity contribution is -0.0652. The number of rotatable bonds is 4. The third-order valence-corrected chi connectivity index (χ3v) is 3.87. The molecule has 18 heavy (non-hydrogen) atoms. The average Bonchev–Trinajstić information content (AvgIpc) is 2.38. The Bertz CT molecular complexity index is 353. The first-order valence-corrected chi connectivity index (χ1v) is 6.99. The van der Waals surface area contributed by atoms with Crippen LogP contribution in [0, 0.1) is 5.92 Å². The van der Waals surface area contributed by atoms with E-state index in [9.17, 15) is 0 Å². The van der Waals surface area contributed by atoms with E-state index in [0.29, 0.717) is 12.0 Å². The normalized spacial score (nSPS) is 27.7. The molecule has 1 saturated carbocycles. The maximum Gasteiger partial charge on any atom is 0.0977 e. The number of hydrogen-bond acceptors (Lipinski definition) is 3. The van der Waals surface area contributed by atoms with Gasteiger partial charge in [0.25, 0.3) is 0 Å². The van der Waals surface area contributed by atoms with E-state index in [1.807, 2.05) is 19.1 Å². The number of nitrogens with zero attached hydrogens (tertiary/aromatic N) is 1. The summed E-state index contributed by atoms with van der Waals surface area (Å²) in [5.74, 6) is 0.641. The average molecular weight is 248 g/mol. The molecule has 3 heteroatoms. The third kappa shape index (κ3) is 3.30. The van der Waals surface area contributed by atoms with Gasteiger partial charge in [-0.3, -0.25) is 4.98 Å². The Labute approximate surface area is 110 Å². The summed E-state index contributed by atoms with van der Waals surface area (Å²) < 4.78 is 6.30. The van der Waals surface area contributed by atoms with Gasteiger partial charge in [-0.15, -0.1) is 0 Å². The molecule has 1 fully saturated rings. The molecule has 1 aromatic heterocycles. The van der Waals surface area contributed by atoms with Crippen LogP contribution in [0.1, 0.15) is 51.2 Å². The zero-order valence-electron chi connectivity index (χ0n) is 11.4. The Morgan fingerprint density at radius 1 is 1.28 bits per heavy atom. The summed E-state index contributed by atoms with van der Waals surface area (Å²) in [5.41, 5.74) is 7.22. The minimum absolute atomic E-state index is 0.00141. The van der Waals surface area contributed by atoms with Gasteiger partial charge in [0.2, 0.25) is 0 Å². The Hall–Kier alpha value is -0.930. The van der Waals surface area contributed by atoms with E-state index in [1.165, 1.54) is 19.3 Å². The second-order valence-electron chi connectivity index (χ2n) is 5.50. The highest BCUT2D eigenvalue weighted by molar-refractivity contribution is 5.15. The van der Waals surface area contributed by atoms with Crippen LogP contribution in [0.2, 0.25) is 0 Å². The first-order valence-electron chi connectivity index (χ1n) is 6.99. The first-order chi connectivity index (χ1) is 8.68. The fourth-order valence-electron chi connectivity index (χ4n) is 2.73. The Morgan fingerprint density at radius 2 is 1.94 bits per heavy atom. The van der Waals surface area contributed by atoms with Crippen molar-refractivity contribution < 1.29 is 4.74 Å². The van der Waals surface area contributed by atoms with Crippen molar-refractivity contribution in [1.29, 1.82) is 0 Å². The molecule has 1 heterocycles. The molecule has 1 aromatic rings. The molecular weight excluding hydrogens is 224 g/mol. The van der Waals surface area contributed by atoms with Crippen LogP contribution in [0.4, 0.5) is 0 Å². The van der Waals surface area contributed by atoms with E-state index < -0.39 is 0 Å². The minimum atomic E-state index is -0.0152. The standard InChI is InChI=1S/C15H24N2O/c1-11-5-3-4-6-14(11)18-15(12(2)16)13-7-9-17-10-8-13/h7-12,14-15H,3-6,16H2,1-2H3. The molecule has 4 atom stereocenters. The second kappa shape index (κ2) is 6.30. The van der Waals surface area contributed by atoms with E-state index in [0.717, 1.165) is 12.0 Å². The molecular formula is C15H24N2O. The van der Waals surface area contributed by atoms with Crippen molar-refractivity contribution in [3.63, 3.8) is 0 Å². The Morgan fingerprint density at radius 3 is 2.56 bits per heavy atom. The van der Waals surface area contributed by atoms with Crippen LogP contribution in [-0.2, 0) is 4.74 Å². The highest BCUT2D eigenvalue weighted by Gasteiger charge is 2.27. The van der Waals surface area contributed by atoms with Crippen LogP contribution in [0.25, 0.3) is 0 Å². The predicted octanol–water partition coefficient (Wildman–Crippen LogP) is 3.07.